The summed E-state index contributed by atoms with van der Waals surface area (Å²) >= 11 is 0. The van der Waals surface area contributed by atoms with Gasteiger partial charge >= 0.3 is 0 Å². The van der Waals surface area contributed by atoms with Crippen LogP contribution in [0.1, 0.15) is 64.7 Å². The first kappa shape index (κ1) is 14.9. The van der Waals surface area contributed by atoms with Gasteiger partial charge in [-0.1, -0.05) is 18.9 Å². The van der Waals surface area contributed by atoms with E-state index in [4.69, 9.17) is 4.74 Å². The second-order valence-corrected chi connectivity index (χ2v) is 8.70. The molecule has 0 amide bonds. The smallest absolute Gasteiger partial charge is 0.155 e. The van der Waals surface area contributed by atoms with Gasteiger partial charge in [-0.2, -0.15) is 0 Å². The fourth-order valence-corrected chi connectivity index (χ4v) is 6.89. The highest BCUT2D eigenvalue weighted by molar-refractivity contribution is 5.91. The van der Waals surface area contributed by atoms with E-state index in [9.17, 15) is 4.79 Å². The second kappa shape index (κ2) is 5.19. The minimum atomic E-state index is 0.318. The largest absolute Gasteiger partial charge is 0.384 e. The van der Waals surface area contributed by atoms with Crippen LogP contribution in [0.25, 0.3) is 0 Å². The SMILES string of the molecule is COC[C@@]12CCC[C@H]1[C@@H]1CCC3=CC(=O)CC[C@]3(C)[C@H]1CC2. The molecule has 4 aliphatic rings. The van der Waals surface area contributed by atoms with Gasteiger partial charge in [0.2, 0.25) is 0 Å². The van der Waals surface area contributed by atoms with Gasteiger partial charge in [-0.15, -0.1) is 0 Å². The minimum absolute atomic E-state index is 0.318. The van der Waals surface area contributed by atoms with E-state index in [-0.39, 0.29) is 0 Å². The van der Waals surface area contributed by atoms with Gasteiger partial charge in [-0.05, 0) is 79.6 Å². The Morgan fingerprint density at radius 1 is 1.14 bits per heavy atom. The van der Waals surface area contributed by atoms with E-state index >= 15 is 0 Å². The Hall–Kier alpha value is -0.630. The van der Waals surface area contributed by atoms with Crippen molar-refractivity contribution in [3.8, 4) is 0 Å². The molecule has 0 spiro atoms. The lowest BCUT2D eigenvalue weighted by molar-refractivity contribution is -0.118. The van der Waals surface area contributed by atoms with Crippen LogP contribution < -0.4 is 0 Å². The summed E-state index contributed by atoms with van der Waals surface area (Å²) in [7, 11) is 1.88. The lowest BCUT2D eigenvalue weighted by Gasteiger charge is -2.57. The molecule has 122 valence electrons. The molecule has 0 N–H and O–H groups in total. The van der Waals surface area contributed by atoms with Crippen molar-refractivity contribution >= 4 is 5.78 Å². The number of hydrogen-bond acceptors (Lipinski definition) is 2. The van der Waals surface area contributed by atoms with E-state index in [1.165, 1.54) is 50.5 Å². The highest BCUT2D eigenvalue weighted by atomic mass is 16.5. The summed E-state index contributed by atoms with van der Waals surface area (Å²) in [6.45, 7) is 3.44. The highest BCUT2D eigenvalue weighted by Crippen LogP contribution is 2.65. The number of ether oxygens (including phenoxy) is 1. The third-order valence-electron chi connectivity index (χ3n) is 7.92. The number of carbonyl (C=O) groups is 1. The molecule has 3 fully saturated rings. The summed E-state index contributed by atoms with van der Waals surface area (Å²) in [5, 5.41) is 0. The summed E-state index contributed by atoms with van der Waals surface area (Å²) in [5.74, 6) is 2.94. The van der Waals surface area contributed by atoms with Gasteiger partial charge in [-0.3, -0.25) is 4.79 Å². The van der Waals surface area contributed by atoms with Crippen molar-refractivity contribution in [2.24, 2.45) is 28.6 Å². The van der Waals surface area contributed by atoms with E-state index in [1.807, 2.05) is 13.2 Å². The monoisotopic (exact) mass is 302 g/mol. The van der Waals surface area contributed by atoms with Crippen LogP contribution in [-0.4, -0.2) is 19.5 Å². The van der Waals surface area contributed by atoms with Crippen LogP contribution in [0.5, 0.6) is 0 Å². The molecule has 2 nitrogen and oxygen atoms in total. The molecule has 0 bridgehead atoms. The minimum Gasteiger partial charge on any atom is -0.384 e. The molecule has 2 heteroatoms. The van der Waals surface area contributed by atoms with Crippen molar-refractivity contribution in [3.63, 3.8) is 0 Å². The van der Waals surface area contributed by atoms with Gasteiger partial charge in [0.25, 0.3) is 0 Å². The molecule has 0 radical (unpaired) electrons. The maximum atomic E-state index is 11.8. The zero-order valence-corrected chi connectivity index (χ0v) is 14.2. The third-order valence-corrected chi connectivity index (χ3v) is 7.92. The van der Waals surface area contributed by atoms with E-state index in [1.54, 1.807) is 0 Å². The summed E-state index contributed by atoms with van der Waals surface area (Å²) in [6.07, 6.45) is 13.3. The first-order chi connectivity index (χ1) is 10.6. The van der Waals surface area contributed by atoms with Crippen LogP contribution in [-0.2, 0) is 9.53 Å². The lowest BCUT2D eigenvalue weighted by atomic mass is 9.47. The van der Waals surface area contributed by atoms with Crippen molar-refractivity contribution in [1.82, 2.24) is 0 Å². The molecule has 5 atom stereocenters. The quantitative estimate of drug-likeness (QED) is 0.749. The number of ketones is 1. The summed E-state index contributed by atoms with van der Waals surface area (Å²) < 4.78 is 5.66. The van der Waals surface area contributed by atoms with Crippen LogP contribution in [0, 0.1) is 28.6 Å². The molecule has 0 aromatic heterocycles. The van der Waals surface area contributed by atoms with Gasteiger partial charge in [0, 0.05) is 13.5 Å². The summed E-state index contributed by atoms with van der Waals surface area (Å²) in [4.78, 5) is 11.8. The number of rotatable bonds is 2. The predicted octanol–water partition coefficient (Wildman–Crippen LogP) is 4.53. The number of methoxy groups -OCH3 is 1. The first-order valence-corrected chi connectivity index (χ1v) is 9.32. The van der Waals surface area contributed by atoms with Crippen molar-refractivity contribution in [1.29, 1.82) is 0 Å². The number of carbonyl (C=O) groups excluding carboxylic acids is 1. The topological polar surface area (TPSA) is 26.3 Å². The molecule has 0 unspecified atom stereocenters. The standard InChI is InChI=1S/C20H30O2/c1-19-10-7-15(21)12-14(19)5-6-16-17(19)8-11-20(13-22-2)9-3-4-18(16)20/h12,16-18H,3-11,13H2,1-2H3/t16-,17+,18+,19+,20+/m1/s1. The van der Waals surface area contributed by atoms with Gasteiger partial charge in [0.05, 0.1) is 6.61 Å². The molecule has 0 aromatic rings. The van der Waals surface area contributed by atoms with E-state index in [0.29, 0.717) is 16.6 Å². The highest BCUT2D eigenvalue weighted by Gasteiger charge is 2.57. The first-order valence-electron chi connectivity index (χ1n) is 9.32. The second-order valence-electron chi connectivity index (χ2n) is 8.70. The zero-order valence-electron chi connectivity index (χ0n) is 14.2. The maximum Gasteiger partial charge on any atom is 0.155 e. The van der Waals surface area contributed by atoms with Gasteiger partial charge in [-0.25, -0.2) is 0 Å². The van der Waals surface area contributed by atoms with Crippen molar-refractivity contribution in [2.45, 2.75) is 64.7 Å². The van der Waals surface area contributed by atoms with Gasteiger partial charge < -0.3 is 4.74 Å². The molecule has 4 aliphatic carbocycles. The molecule has 0 aliphatic heterocycles. The Bertz CT molecular complexity index is 508. The fraction of sp³-hybridized carbons (Fsp3) is 0.850. The van der Waals surface area contributed by atoms with Gasteiger partial charge in [0.15, 0.2) is 5.78 Å². The van der Waals surface area contributed by atoms with E-state index < -0.39 is 0 Å². The molecule has 3 saturated carbocycles. The molecule has 22 heavy (non-hydrogen) atoms. The summed E-state index contributed by atoms with van der Waals surface area (Å²) in [6, 6.07) is 0. The molecule has 0 saturated heterocycles. The van der Waals surface area contributed by atoms with Crippen molar-refractivity contribution in [3.05, 3.63) is 11.6 Å². The molecule has 4 rings (SSSR count). The normalized spacial score (nSPS) is 47.5. The van der Waals surface area contributed by atoms with Crippen LogP contribution in [0.3, 0.4) is 0 Å². The molecule has 0 heterocycles. The van der Waals surface area contributed by atoms with Crippen LogP contribution >= 0.6 is 0 Å². The number of fused-ring (bicyclic) bond motifs is 5. The molecular formula is C20H30O2. The van der Waals surface area contributed by atoms with Crippen molar-refractivity contribution < 1.29 is 9.53 Å². The average molecular weight is 302 g/mol. The lowest BCUT2D eigenvalue weighted by Crippen LogP contribution is -2.51. The van der Waals surface area contributed by atoms with E-state index in [2.05, 4.69) is 6.92 Å². The van der Waals surface area contributed by atoms with Crippen LogP contribution in [0.15, 0.2) is 11.6 Å². The average Bonchev–Trinajstić information content (AvgIpc) is 2.92. The Labute approximate surface area is 134 Å². The predicted molar refractivity (Wildman–Crippen MR) is 87.5 cm³/mol. The number of allylic oxidation sites excluding steroid dienone is 1. The third kappa shape index (κ3) is 1.99. The number of hydrogen-bond donors (Lipinski definition) is 0. The molecular weight excluding hydrogens is 272 g/mol. The Kier molecular flexibility index (Phi) is 3.52. The Morgan fingerprint density at radius 3 is 2.82 bits per heavy atom. The fourth-order valence-electron chi connectivity index (χ4n) is 6.89. The van der Waals surface area contributed by atoms with Crippen LogP contribution in [0.2, 0.25) is 0 Å². The summed E-state index contributed by atoms with van der Waals surface area (Å²) in [5.41, 5.74) is 2.29. The zero-order chi connectivity index (χ0) is 15.4. The van der Waals surface area contributed by atoms with E-state index in [0.717, 1.165) is 37.2 Å². The molecule has 0 aromatic carbocycles. The van der Waals surface area contributed by atoms with Crippen LogP contribution in [0.4, 0.5) is 0 Å². The Balaban J connectivity index is 1.66. The van der Waals surface area contributed by atoms with Gasteiger partial charge in [0.1, 0.15) is 0 Å². The Morgan fingerprint density at radius 2 is 2.00 bits per heavy atom. The maximum absolute atomic E-state index is 11.8. The van der Waals surface area contributed by atoms with Crippen molar-refractivity contribution in [2.75, 3.05) is 13.7 Å².